The predicted molar refractivity (Wildman–Crippen MR) is 164 cm³/mol. The van der Waals surface area contributed by atoms with Crippen LogP contribution in [0.4, 0.5) is 5.69 Å². The van der Waals surface area contributed by atoms with Crippen molar-refractivity contribution >= 4 is 36.2 Å². The number of benzene rings is 2. The monoisotopic (exact) mass is 575 g/mol. The molecule has 0 saturated carbocycles. The highest BCUT2D eigenvalue weighted by Gasteiger charge is 2.55. The standard InChI is InChI=1S/C33H42BNO7/c1-5-8-21(15-22-13-19(3)31(38)20(4)14-22)11-12-28(37)29-23(6-2)16-26-30(27(29)18-36)33(40)35(32(26)39)25-10-7-9-24(17-25)34(41)42/h7,9-10,13-15,17,26-28,30,36-38,41-42H,5-6,8,11-12,16,18H2,1-4H3/b21-15+/t26-,27+,28-,30-/m1/s1. The molecule has 2 aliphatic rings. The molecule has 1 aliphatic carbocycles. The van der Waals surface area contributed by atoms with Crippen LogP contribution in [-0.4, -0.2) is 57.0 Å². The van der Waals surface area contributed by atoms with Gasteiger partial charge in [-0.15, -0.1) is 0 Å². The number of aromatic hydroxyl groups is 1. The van der Waals surface area contributed by atoms with Crippen molar-refractivity contribution in [2.75, 3.05) is 11.5 Å². The van der Waals surface area contributed by atoms with Crippen LogP contribution in [0, 0.1) is 31.6 Å². The fraction of sp³-hybridized carbons (Fsp3) is 0.455. The molecule has 4 rings (SSSR count). The summed E-state index contributed by atoms with van der Waals surface area (Å²) in [5, 5.41) is 51.4. The smallest absolute Gasteiger partial charge is 0.488 e. The van der Waals surface area contributed by atoms with Gasteiger partial charge < -0.3 is 25.4 Å². The largest absolute Gasteiger partial charge is 0.507 e. The van der Waals surface area contributed by atoms with E-state index < -0.39 is 36.9 Å². The Labute approximate surface area is 248 Å². The van der Waals surface area contributed by atoms with Gasteiger partial charge in [0.05, 0.1) is 30.2 Å². The lowest BCUT2D eigenvalue weighted by molar-refractivity contribution is -0.123. The number of carbonyl (C=O) groups is 2. The number of nitrogens with zero attached hydrogens (tertiary/aromatic N) is 1. The van der Waals surface area contributed by atoms with Crippen LogP contribution in [-0.2, 0) is 9.59 Å². The van der Waals surface area contributed by atoms with Gasteiger partial charge >= 0.3 is 7.12 Å². The number of rotatable bonds is 11. The molecule has 9 heteroatoms. The first-order valence-electron chi connectivity index (χ1n) is 14.9. The topological polar surface area (TPSA) is 139 Å². The van der Waals surface area contributed by atoms with Crippen molar-refractivity contribution in [2.24, 2.45) is 17.8 Å². The van der Waals surface area contributed by atoms with Gasteiger partial charge in [0, 0.05) is 5.92 Å². The van der Waals surface area contributed by atoms with Gasteiger partial charge in [0.2, 0.25) is 11.8 Å². The predicted octanol–water partition coefficient (Wildman–Crippen LogP) is 3.54. The number of aliphatic hydroxyl groups is 2. The van der Waals surface area contributed by atoms with E-state index in [-0.39, 0.29) is 23.7 Å². The molecular formula is C33H42BNO7. The van der Waals surface area contributed by atoms with Gasteiger partial charge in [0.15, 0.2) is 0 Å². The summed E-state index contributed by atoms with van der Waals surface area (Å²) in [6.07, 6.45) is 4.97. The van der Waals surface area contributed by atoms with Gasteiger partial charge in [0.1, 0.15) is 5.75 Å². The second-order valence-corrected chi connectivity index (χ2v) is 11.6. The SMILES string of the molecule is CCC/C(=C\c1cc(C)c(O)c(C)c1)CC[C@@H](O)C1=C(CC)C[C@H]2C(=O)N(c3cccc(B(O)O)c3)C(=O)[C@H]2[C@H]1CO. The summed E-state index contributed by atoms with van der Waals surface area (Å²) in [6.45, 7) is 7.43. The van der Waals surface area contributed by atoms with Crippen molar-refractivity contribution in [3.8, 4) is 5.75 Å². The van der Waals surface area contributed by atoms with Crippen LogP contribution in [0.3, 0.4) is 0 Å². The average Bonchev–Trinajstić information content (AvgIpc) is 3.22. The molecule has 8 nitrogen and oxygen atoms in total. The van der Waals surface area contributed by atoms with E-state index in [0.29, 0.717) is 37.0 Å². The number of aryl methyl sites for hydroxylation is 2. The number of imide groups is 1. The fourth-order valence-corrected chi connectivity index (χ4v) is 6.75. The highest BCUT2D eigenvalue weighted by molar-refractivity contribution is 6.58. The summed E-state index contributed by atoms with van der Waals surface area (Å²) in [4.78, 5) is 28.4. The van der Waals surface area contributed by atoms with Crippen LogP contribution in [0.2, 0.25) is 0 Å². The van der Waals surface area contributed by atoms with Crippen LogP contribution in [0.25, 0.3) is 6.08 Å². The molecule has 0 spiro atoms. The van der Waals surface area contributed by atoms with E-state index in [1.54, 1.807) is 12.1 Å². The maximum atomic E-state index is 13.7. The molecule has 1 heterocycles. The number of carbonyl (C=O) groups excluding carboxylic acids is 2. The minimum absolute atomic E-state index is 0.165. The summed E-state index contributed by atoms with van der Waals surface area (Å²) < 4.78 is 0. The molecular weight excluding hydrogens is 533 g/mol. The van der Waals surface area contributed by atoms with Crippen LogP contribution in [0.5, 0.6) is 5.75 Å². The summed E-state index contributed by atoms with van der Waals surface area (Å²) in [7, 11) is -1.74. The molecule has 224 valence electrons. The van der Waals surface area contributed by atoms with E-state index in [0.717, 1.165) is 45.6 Å². The Balaban J connectivity index is 1.60. The van der Waals surface area contributed by atoms with E-state index in [2.05, 4.69) is 13.0 Å². The zero-order valence-electron chi connectivity index (χ0n) is 24.9. The molecule has 2 aromatic carbocycles. The zero-order valence-corrected chi connectivity index (χ0v) is 24.9. The molecule has 0 aromatic heterocycles. The van der Waals surface area contributed by atoms with Crippen LogP contribution in [0.1, 0.15) is 69.1 Å². The van der Waals surface area contributed by atoms with Gasteiger partial charge in [-0.25, -0.2) is 0 Å². The summed E-state index contributed by atoms with van der Waals surface area (Å²) in [5.74, 6) is -2.68. The number of fused-ring (bicyclic) bond motifs is 1. The minimum Gasteiger partial charge on any atom is -0.507 e. The number of anilines is 1. The molecule has 2 amide bonds. The maximum absolute atomic E-state index is 13.7. The summed E-state index contributed by atoms with van der Waals surface area (Å²) in [6, 6.07) is 9.94. The Morgan fingerprint density at radius 3 is 2.36 bits per heavy atom. The van der Waals surface area contributed by atoms with E-state index >= 15 is 0 Å². The van der Waals surface area contributed by atoms with Crippen molar-refractivity contribution in [3.63, 3.8) is 0 Å². The van der Waals surface area contributed by atoms with Crippen molar-refractivity contribution in [1.82, 2.24) is 0 Å². The third kappa shape index (κ3) is 6.25. The third-order valence-corrected chi connectivity index (χ3v) is 8.79. The number of amides is 2. The molecule has 2 aromatic rings. The highest BCUT2D eigenvalue weighted by atomic mass is 16.4. The Morgan fingerprint density at radius 2 is 1.76 bits per heavy atom. The second-order valence-electron chi connectivity index (χ2n) is 11.6. The first kappa shape index (κ1) is 31.7. The van der Waals surface area contributed by atoms with Gasteiger partial charge in [-0.2, -0.15) is 0 Å². The van der Waals surface area contributed by atoms with Gasteiger partial charge in [-0.3, -0.25) is 14.5 Å². The van der Waals surface area contributed by atoms with Crippen molar-refractivity contribution in [3.05, 3.63) is 69.8 Å². The number of hydrogen-bond donors (Lipinski definition) is 5. The molecule has 42 heavy (non-hydrogen) atoms. The van der Waals surface area contributed by atoms with Crippen molar-refractivity contribution in [2.45, 2.75) is 72.3 Å². The first-order chi connectivity index (χ1) is 20.0. The quantitative estimate of drug-likeness (QED) is 0.157. The van der Waals surface area contributed by atoms with Crippen LogP contribution in [0.15, 0.2) is 53.1 Å². The Bertz CT molecular complexity index is 1380. The highest BCUT2D eigenvalue weighted by Crippen LogP contribution is 2.48. The summed E-state index contributed by atoms with van der Waals surface area (Å²) in [5.41, 5.74) is 5.76. The molecule has 0 bridgehead atoms. The lowest BCUT2D eigenvalue weighted by atomic mass is 9.67. The lowest BCUT2D eigenvalue weighted by Crippen LogP contribution is -2.39. The van der Waals surface area contributed by atoms with Gasteiger partial charge in [0.25, 0.3) is 0 Å². The van der Waals surface area contributed by atoms with E-state index in [4.69, 9.17) is 0 Å². The van der Waals surface area contributed by atoms with Crippen molar-refractivity contribution < 1.29 is 35.0 Å². The molecule has 1 aliphatic heterocycles. The number of phenols is 1. The molecule has 5 N–H and O–H groups in total. The molecule has 0 unspecified atom stereocenters. The first-order valence-corrected chi connectivity index (χ1v) is 14.9. The van der Waals surface area contributed by atoms with E-state index in [9.17, 15) is 35.0 Å². The Kier molecular flexibility index (Phi) is 10.1. The third-order valence-electron chi connectivity index (χ3n) is 8.79. The number of allylic oxidation sites excluding steroid dienone is 2. The number of phenolic OH excluding ortho intramolecular Hbond substituents is 1. The summed E-state index contributed by atoms with van der Waals surface area (Å²) >= 11 is 0. The maximum Gasteiger partial charge on any atom is 0.488 e. The zero-order chi connectivity index (χ0) is 30.7. The molecule has 4 atom stereocenters. The van der Waals surface area contributed by atoms with Crippen LogP contribution >= 0.6 is 0 Å². The second kappa shape index (κ2) is 13.4. The Hall–Kier alpha value is -3.24. The molecule has 1 fully saturated rings. The molecule has 1 saturated heterocycles. The lowest BCUT2D eigenvalue weighted by Gasteiger charge is -2.36. The fourth-order valence-electron chi connectivity index (χ4n) is 6.75. The average molecular weight is 576 g/mol. The van der Waals surface area contributed by atoms with Crippen molar-refractivity contribution in [1.29, 1.82) is 0 Å². The van der Waals surface area contributed by atoms with E-state index in [1.165, 1.54) is 12.1 Å². The Morgan fingerprint density at radius 1 is 1.07 bits per heavy atom. The minimum atomic E-state index is -1.74. The van der Waals surface area contributed by atoms with Crippen LogP contribution < -0.4 is 10.4 Å². The normalized spacial score (nSPS) is 21.7. The van der Waals surface area contributed by atoms with Gasteiger partial charge in [-0.1, -0.05) is 49.6 Å². The van der Waals surface area contributed by atoms with Gasteiger partial charge in [-0.05, 0) is 97.9 Å². The number of hydrogen-bond acceptors (Lipinski definition) is 7. The molecule has 0 radical (unpaired) electrons. The number of aliphatic hydroxyl groups excluding tert-OH is 2. The van der Waals surface area contributed by atoms with E-state index in [1.807, 2.05) is 32.9 Å².